The van der Waals surface area contributed by atoms with Gasteiger partial charge in [-0.2, -0.15) is 0 Å². The summed E-state index contributed by atoms with van der Waals surface area (Å²) in [5.41, 5.74) is 1.99. The molecule has 0 unspecified atom stereocenters. The fourth-order valence-electron chi connectivity index (χ4n) is 2.38. The van der Waals surface area contributed by atoms with E-state index >= 15 is 0 Å². The van der Waals surface area contributed by atoms with Gasteiger partial charge in [0, 0.05) is 22.1 Å². The molecule has 2 nitrogen and oxygen atoms in total. The molecule has 0 spiro atoms. The summed E-state index contributed by atoms with van der Waals surface area (Å²) in [6, 6.07) is 22.2. The molecule has 3 rings (SSSR count). The van der Waals surface area contributed by atoms with Crippen LogP contribution in [-0.2, 0) is 12.2 Å². The van der Waals surface area contributed by atoms with Gasteiger partial charge in [0.05, 0.1) is 5.56 Å². The Hall–Kier alpha value is -2.04. The maximum absolute atomic E-state index is 12.5. The van der Waals surface area contributed by atoms with Crippen LogP contribution in [0.2, 0.25) is 0 Å². The van der Waals surface area contributed by atoms with Gasteiger partial charge in [-0.15, -0.1) is 23.1 Å². The summed E-state index contributed by atoms with van der Waals surface area (Å²) in [6.45, 7) is 0.646. The molecule has 1 N–H and O–H groups in total. The van der Waals surface area contributed by atoms with Crippen molar-refractivity contribution in [1.82, 2.24) is 5.32 Å². The van der Waals surface area contributed by atoms with Crippen molar-refractivity contribution < 1.29 is 4.79 Å². The fourth-order valence-corrected chi connectivity index (χ4v) is 4.21. The maximum Gasteiger partial charge on any atom is 0.252 e. The maximum atomic E-state index is 12.5. The van der Waals surface area contributed by atoms with E-state index in [1.165, 1.54) is 10.4 Å². The summed E-state index contributed by atoms with van der Waals surface area (Å²) in [5, 5.41) is 5.11. The first-order chi connectivity index (χ1) is 11.8. The van der Waals surface area contributed by atoms with Crippen LogP contribution in [0.25, 0.3) is 0 Å². The third kappa shape index (κ3) is 4.73. The number of amides is 1. The summed E-state index contributed by atoms with van der Waals surface area (Å²) >= 11 is 3.46. The van der Waals surface area contributed by atoms with Crippen molar-refractivity contribution in [3.8, 4) is 0 Å². The van der Waals surface area contributed by atoms with Gasteiger partial charge in [0.15, 0.2) is 0 Å². The van der Waals surface area contributed by atoms with E-state index in [0.29, 0.717) is 6.54 Å². The number of hydrogen-bond acceptors (Lipinski definition) is 3. The van der Waals surface area contributed by atoms with Gasteiger partial charge in [0.25, 0.3) is 5.91 Å². The van der Waals surface area contributed by atoms with E-state index in [2.05, 4.69) is 35.0 Å². The lowest BCUT2D eigenvalue weighted by atomic mass is 10.1. The molecule has 0 bridgehead atoms. The average molecular weight is 354 g/mol. The Labute approximate surface area is 150 Å². The van der Waals surface area contributed by atoms with E-state index < -0.39 is 0 Å². The number of rotatable bonds is 7. The molecular weight excluding hydrogens is 334 g/mol. The second-order valence-electron chi connectivity index (χ2n) is 5.36. The SMILES string of the molecule is O=C(NCCc1ccccc1)c1ccccc1SCc1cccs1. The van der Waals surface area contributed by atoms with Gasteiger partial charge < -0.3 is 5.32 Å². The summed E-state index contributed by atoms with van der Waals surface area (Å²) in [6.07, 6.45) is 0.844. The van der Waals surface area contributed by atoms with Crippen LogP contribution < -0.4 is 5.32 Å². The second kappa shape index (κ2) is 8.71. The number of hydrogen-bond donors (Lipinski definition) is 1. The molecule has 0 atom stereocenters. The largest absolute Gasteiger partial charge is 0.352 e. The first-order valence-electron chi connectivity index (χ1n) is 7.89. The standard InChI is InChI=1S/C20H19NOS2/c22-20(21-13-12-16-7-2-1-3-8-16)18-10-4-5-11-19(18)24-15-17-9-6-14-23-17/h1-11,14H,12-13,15H2,(H,21,22). The van der Waals surface area contributed by atoms with Crippen LogP contribution in [0.5, 0.6) is 0 Å². The molecule has 0 aliphatic heterocycles. The van der Waals surface area contributed by atoms with Gasteiger partial charge in [0.1, 0.15) is 0 Å². The van der Waals surface area contributed by atoms with E-state index in [1.807, 2.05) is 42.5 Å². The van der Waals surface area contributed by atoms with Crippen molar-refractivity contribution in [2.75, 3.05) is 6.54 Å². The highest BCUT2D eigenvalue weighted by atomic mass is 32.2. The third-order valence-electron chi connectivity index (χ3n) is 3.62. The van der Waals surface area contributed by atoms with Gasteiger partial charge in [-0.3, -0.25) is 4.79 Å². The van der Waals surface area contributed by atoms with Crippen molar-refractivity contribution >= 4 is 29.0 Å². The number of carbonyl (C=O) groups is 1. The van der Waals surface area contributed by atoms with Crippen LogP contribution in [0.3, 0.4) is 0 Å². The Bertz CT molecular complexity index is 769. The predicted molar refractivity (Wildman–Crippen MR) is 103 cm³/mol. The predicted octanol–water partition coefficient (Wildman–Crippen LogP) is 5.01. The van der Waals surface area contributed by atoms with Crippen molar-refractivity contribution in [2.45, 2.75) is 17.1 Å². The highest BCUT2D eigenvalue weighted by molar-refractivity contribution is 7.98. The number of thioether (sulfide) groups is 1. The van der Waals surface area contributed by atoms with Crippen molar-refractivity contribution in [1.29, 1.82) is 0 Å². The first-order valence-corrected chi connectivity index (χ1v) is 9.76. The molecule has 3 aromatic rings. The quantitative estimate of drug-likeness (QED) is 0.605. The zero-order chi connectivity index (χ0) is 16.6. The number of benzene rings is 2. The Morgan fingerprint density at radius 1 is 0.958 bits per heavy atom. The molecule has 1 heterocycles. The Morgan fingerprint density at radius 2 is 1.75 bits per heavy atom. The minimum Gasteiger partial charge on any atom is -0.352 e. The molecule has 1 aromatic heterocycles. The van der Waals surface area contributed by atoms with Crippen LogP contribution in [-0.4, -0.2) is 12.5 Å². The summed E-state index contributed by atoms with van der Waals surface area (Å²) in [4.78, 5) is 14.8. The van der Waals surface area contributed by atoms with E-state index in [9.17, 15) is 4.79 Å². The monoisotopic (exact) mass is 353 g/mol. The minimum absolute atomic E-state index is 0.000195. The van der Waals surface area contributed by atoms with E-state index in [4.69, 9.17) is 0 Å². The van der Waals surface area contributed by atoms with Gasteiger partial charge in [-0.1, -0.05) is 48.5 Å². The normalized spacial score (nSPS) is 10.5. The van der Waals surface area contributed by atoms with Crippen molar-refractivity contribution in [3.05, 3.63) is 88.1 Å². The van der Waals surface area contributed by atoms with Gasteiger partial charge in [-0.25, -0.2) is 0 Å². The Kier molecular flexibility index (Phi) is 6.10. The van der Waals surface area contributed by atoms with Gasteiger partial charge in [0.2, 0.25) is 0 Å². The molecule has 122 valence electrons. The number of carbonyl (C=O) groups excluding carboxylic acids is 1. The smallest absolute Gasteiger partial charge is 0.252 e. The van der Waals surface area contributed by atoms with E-state index in [-0.39, 0.29) is 5.91 Å². The number of nitrogens with one attached hydrogen (secondary N) is 1. The molecule has 0 saturated heterocycles. The van der Waals surface area contributed by atoms with Crippen LogP contribution in [0.4, 0.5) is 0 Å². The summed E-state index contributed by atoms with van der Waals surface area (Å²) in [5.74, 6) is 0.895. The molecule has 1 amide bonds. The molecule has 0 radical (unpaired) electrons. The zero-order valence-corrected chi connectivity index (χ0v) is 14.9. The lowest BCUT2D eigenvalue weighted by Crippen LogP contribution is -2.26. The molecule has 4 heteroatoms. The Balaban J connectivity index is 1.57. The number of thiophene rings is 1. The molecule has 2 aromatic carbocycles. The third-order valence-corrected chi connectivity index (χ3v) is 5.81. The second-order valence-corrected chi connectivity index (χ2v) is 7.41. The average Bonchev–Trinajstić information content (AvgIpc) is 3.14. The topological polar surface area (TPSA) is 29.1 Å². The minimum atomic E-state index is 0.000195. The molecule has 0 aliphatic rings. The van der Waals surface area contributed by atoms with Crippen LogP contribution >= 0.6 is 23.1 Å². The van der Waals surface area contributed by atoms with Crippen LogP contribution in [0.1, 0.15) is 20.8 Å². The molecule has 24 heavy (non-hydrogen) atoms. The van der Waals surface area contributed by atoms with Gasteiger partial charge in [-0.05, 0) is 35.6 Å². The van der Waals surface area contributed by atoms with Crippen LogP contribution in [0.15, 0.2) is 77.0 Å². The lowest BCUT2D eigenvalue weighted by Gasteiger charge is -2.09. The lowest BCUT2D eigenvalue weighted by molar-refractivity contribution is 0.0951. The first kappa shape index (κ1) is 16.8. The van der Waals surface area contributed by atoms with E-state index in [1.54, 1.807) is 23.1 Å². The van der Waals surface area contributed by atoms with E-state index in [0.717, 1.165) is 22.6 Å². The molecule has 0 aliphatic carbocycles. The summed E-state index contributed by atoms with van der Waals surface area (Å²) < 4.78 is 0. The highest BCUT2D eigenvalue weighted by Crippen LogP contribution is 2.27. The highest BCUT2D eigenvalue weighted by Gasteiger charge is 2.11. The molecular formula is C20H19NOS2. The zero-order valence-electron chi connectivity index (χ0n) is 13.3. The summed E-state index contributed by atoms with van der Waals surface area (Å²) in [7, 11) is 0. The van der Waals surface area contributed by atoms with Gasteiger partial charge >= 0.3 is 0 Å². The molecule has 0 fully saturated rings. The molecule has 0 saturated carbocycles. The van der Waals surface area contributed by atoms with Crippen molar-refractivity contribution in [2.24, 2.45) is 0 Å². The fraction of sp³-hybridized carbons (Fsp3) is 0.150. The van der Waals surface area contributed by atoms with Crippen LogP contribution in [0, 0.1) is 0 Å². The Morgan fingerprint density at radius 3 is 2.54 bits per heavy atom. The van der Waals surface area contributed by atoms with Crippen molar-refractivity contribution in [3.63, 3.8) is 0 Å².